The van der Waals surface area contributed by atoms with Crippen LogP contribution in [-0.4, -0.2) is 28.6 Å². The van der Waals surface area contributed by atoms with E-state index in [1.54, 1.807) is 45.2 Å². The van der Waals surface area contributed by atoms with Crippen LogP contribution in [0.3, 0.4) is 0 Å². The van der Waals surface area contributed by atoms with Crippen LogP contribution in [-0.2, 0) is 0 Å². The van der Waals surface area contributed by atoms with Gasteiger partial charge in [-0.15, -0.1) is 6.42 Å². The molecule has 0 aliphatic rings. The minimum atomic E-state index is -1.03. The van der Waals surface area contributed by atoms with E-state index >= 15 is 0 Å². The largest absolute Gasteiger partial charge is 0.455 e. The van der Waals surface area contributed by atoms with Crippen molar-refractivity contribution in [3.8, 4) is 34.8 Å². The molecule has 5 rings (SSSR count). The molecule has 0 aliphatic carbocycles. The molecule has 0 radical (unpaired) electrons. The van der Waals surface area contributed by atoms with Gasteiger partial charge in [0, 0.05) is 39.2 Å². The molecule has 0 fully saturated rings. The molecule has 7 heteroatoms. The van der Waals surface area contributed by atoms with E-state index in [4.69, 9.17) is 10.8 Å². The standard InChI is InChI=1S/C30H26FN3O3/c1-5-30(2,3)34-28(35)19-8-6-7-18(15-19)22-16-23-24(29(36)32-4)26(17-9-11-20(31)12-10-17)37-27(23)21-13-14-33-25(21)22/h1,6-16,29,32-33,36H,2-4H3,(H,34,35). The summed E-state index contributed by atoms with van der Waals surface area (Å²) in [4.78, 5) is 16.2. The molecule has 4 N–H and O–H groups in total. The fourth-order valence-corrected chi connectivity index (χ4v) is 4.48. The molecule has 0 saturated heterocycles. The Labute approximate surface area is 213 Å². The van der Waals surface area contributed by atoms with Gasteiger partial charge in [0.2, 0.25) is 0 Å². The molecule has 37 heavy (non-hydrogen) atoms. The Morgan fingerprint density at radius 2 is 1.86 bits per heavy atom. The quantitative estimate of drug-likeness (QED) is 0.179. The molecule has 0 bridgehead atoms. The Balaban J connectivity index is 1.72. The van der Waals surface area contributed by atoms with Crippen molar-refractivity contribution in [2.24, 2.45) is 0 Å². The number of aromatic nitrogens is 1. The first-order valence-electron chi connectivity index (χ1n) is 11.8. The number of aliphatic hydroxyl groups is 1. The summed E-state index contributed by atoms with van der Waals surface area (Å²) in [6, 6.07) is 17.1. The molecule has 0 aliphatic heterocycles. The van der Waals surface area contributed by atoms with Crippen molar-refractivity contribution in [1.29, 1.82) is 0 Å². The first-order chi connectivity index (χ1) is 17.7. The molecular formula is C30H26FN3O3. The molecule has 0 spiro atoms. The molecule has 2 aromatic heterocycles. The zero-order valence-corrected chi connectivity index (χ0v) is 20.6. The third-order valence-electron chi connectivity index (χ3n) is 6.41. The summed E-state index contributed by atoms with van der Waals surface area (Å²) in [5, 5.41) is 18.2. The van der Waals surface area contributed by atoms with Gasteiger partial charge in [-0.1, -0.05) is 18.1 Å². The maximum Gasteiger partial charge on any atom is 0.252 e. The summed E-state index contributed by atoms with van der Waals surface area (Å²) >= 11 is 0. The smallest absolute Gasteiger partial charge is 0.252 e. The predicted molar refractivity (Wildman–Crippen MR) is 143 cm³/mol. The number of benzene rings is 3. The normalized spacial score (nSPS) is 12.5. The Bertz CT molecular complexity index is 1670. The number of terminal acetylenes is 1. The summed E-state index contributed by atoms with van der Waals surface area (Å²) in [6.45, 7) is 3.52. The fraction of sp³-hybridized carbons (Fsp3) is 0.167. The Morgan fingerprint density at radius 3 is 2.57 bits per heavy atom. The maximum absolute atomic E-state index is 13.6. The highest BCUT2D eigenvalue weighted by molar-refractivity contribution is 6.12. The van der Waals surface area contributed by atoms with Crippen LogP contribution >= 0.6 is 0 Å². The lowest BCUT2D eigenvalue weighted by atomic mass is 9.96. The van der Waals surface area contributed by atoms with Crippen LogP contribution in [0.5, 0.6) is 0 Å². The number of nitrogens with one attached hydrogen (secondary N) is 3. The molecule has 2 heterocycles. The van der Waals surface area contributed by atoms with Gasteiger partial charge in [0.15, 0.2) is 0 Å². The van der Waals surface area contributed by atoms with Crippen LogP contribution in [0.2, 0.25) is 0 Å². The number of carbonyl (C=O) groups excluding carboxylic acids is 1. The molecule has 1 amide bonds. The number of carbonyl (C=O) groups is 1. The van der Waals surface area contributed by atoms with Crippen LogP contribution in [0.15, 0.2) is 71.3 Å². The van der Waals surface area contributed by atoms with Gasteiger partial charge < -0.3 is 19.8 Å². The van der Waals surface area contributed by atoms with E-state index in [1.165, 1.54) is 12.1 Å². The summed E-state index contributed by atoms with van der Waals surface area (Å²) in [5.41, 5.74) is 3.90. The molecular weight excluding hydrogens is 469 g/mol. The molecule has 0 saturated carbocycles. The second-order valence-corrected chi connectivity index (χ2v) is 9.41. The average molecular weight is 496 g/mol. The van der Waals surface area contributed by atoms with Crippen molar-refractivity contribution in [3.05, 3.63) is 83.8 Å². The van der Waals surface area contributed by atoms with Crippen LogP contribution in [0.25, 0.3) is 44.3 Å². The van der Waals surface area contributed by atoms with Crippen molar-refractivity contribution in [3.63, 3.8) is 0 Å². The van der Waals surface area contributed by atoms with Crippen LogP contribution in [0.4, 0.5) is 4.39 Å². The monoisotopic (exact) mass is 495 g/mol. The SMILES string of the molecule is C#CC(C)(C)NC(=O)c1cccc(-c2cc3c(C(O)NC)c(-c4ccc(F)cc4)oc3c3cc[nH]c23)c1. The lowest BCUT2D eigenvalue weighted by Gasteiger charge is -2.19. The minimum Gasteiger partial charge on any atom is -0.455 e. The number of H-pyrrole nitrogens is 1. The molecule has 1 unspecified atom stereocenters. The van der Waals surface area contributed by atoms with E-state index in [9.17, 15) is 14.3 Å². The third kappa shape index (κ3) is 4.38. The van der Waals surface area contributed by atoms with Crippen molar-refractivity contribution >= 4 is 27.8 Å². The highest BCUT2D eigenvalue weighted by atomic mass is 19.1. The van der Waals surface area contributed by atoms with Gasteiger partial charge in [-0.05, 0) is 75.0 Å². The Morgan fingerprint density at radius 1 is 1.11 bits per heavy atom. The third-order valence-corrected chi connectivity index (χ3v) is 6.41. The number of aliphatic hydroxyl groups excluding tert-OH is 1. The number of furan rings is 1. The Kier molecular flexibility index (Phi) is 6.08. The molecule has 5 aromatic rings. The van der Waals surface area contributed by atoms with E-state index in [0.717, 1.165) is 22.0 Å². The number of hydrogen-bond acceptors (Lipinski definition) is 4. The molecule has 6 nitrogen and oxygen atoms in total. The van der Waals surface area contributed by atoms with Crippen molar-refractivity contribution in [2.45, 2.75) is 25.6 Å². The van der Waals surface area contributed by atoms with Gasteiger partial charge in [-0.2, -0.15) is 0 Å². The van der Waals surface area contributed by atoms with Crippen LogP contribution in [0.1, 0.15) is 36.0 Å². The lowest BCUT2D eigenvalue weighted by molar-refractivity contribution is 0.0930. The number of rotatable bonds is 6. The summed E-state index contributed by atoms with van der Waals surface area (Å²) < 4.78 is 19.9. The summed E-state index contributed by atoms with van der Waals surface area (Å²) in [5.74, 6) is 2.38. The van der Waals surface area contributed by atoms with Crippen molar-refractivity contribution in [1.82, 2.24) is 15.6 Å². The van der Waals surface area contributed by atoms with E-state index in [0.29, 0.717) is 33.4 Å². The van der Waals surface area contributed by atoms with Gasteiger partial charge in [-0.25, -0.2) is 4.39 Å². The second-order valence-electron chi connectivity index (χ2n) is 9.41. The van der Waals surface area contributed by atoms with Crippen molar-refractivity contribution in [2.75, 3.05) is 7.05 Å². The molecule has 3 aromatic carbocycles. The lowest BCUT2D eigenvalue weighted by Crippen LogP contribution is -2.42. The molecule has 186 valence electrons. The number of halogens is 1. The average Bonchev–Trinajstić information content (AvgIpc) is 3.53. The zero-order chi connectivity index (χ0) is 26.3. The van der Waals surface area contributed by atoms with Gasteiger partial charge in [0.1, 0.15) is 23.4 Å². The maximum atomic E-state index is 13.6. The van der Waals surface area contributed by atoms with Crippen LogP contribution < -0.4 is 10.6 Å². The van der Waals surface area contributed by atoms with E-state index in [2.05, 4.69) is 21.5 Å². The second kappa shape index (κ2) is 9.25. The van der Waals surface area contributed by atoms with Gasteiger partial charge >= 0.3 is 0 Å². The van der Waals surface area contributed by atoms with Gasteiger partial charge in [0.25, 0.3) is 5.91 Å². The summed E-state index contributed by atoms with van der Waals surface area (Å²) in [7, 11) is 1.65. The van der Waals surface area contributed by atoms with Crippen LogP contribution in [0, 0.1) is 18.2 Å². The minimum absolute atomic E-state index is 0.276. The highest BCUT2D eigenvalue weighted by Gasteiger charge is 2.25. The van der Waals surface area contributed by atoms with Crippen molar-refractivity contribution < 1.29 is 18.7 Å². The zero-order valence-electron chi connectivity index (χ0n) is 20.6. The molecule has 1 atom stereocenters. The van der Waals surface area contributed by atoms with E-state index < -0.39 is 11.8 Å². The Hall–Kier alpha value is -4.38. The predicted octanol–water partition coefficient (Wildman–Crippen LogP) is 5.74. The fourth-order valence-electron chi connectivity index (χ4n) is 4.48. The first-order valence-corrected chi connectivity index (χ1v) is 11.8. The van der Waals surface area contributed by atoms with Gasteiger partial charge in [-0.3, -0.25) is 10.1 Å². The number of amides is 1. The first kappa shape index (κ1) is 24.3. The topological polar surface area (TPSA) is 90.3 Å². The number of hydrogen-bond donors (Lipinski definition) is 4. The number of aromatic amines is 1. The highest BCUT2D eigenvalue weighted by Crippen LogP contribution is 2.43. The van der Waals surface area contributed by atoms with E-state index in [1.807, 2.05) is 30.5 Å². The van der Waals surface area contributed by atoms with E-state index in [-0.39, 0.29) is 11.7 Å². The summed E-state index contributed by atoms with van der Waals surface area (Å²) in [6.07, 6.45) is 6.32. The number of fused-ring (bicyclic) bond motifs is 3. The van der Waals surface area contributed by atoms with Gasteiger partial charge in [0.05, 0.1) is 11.1 Å².